The lowest BCUT2D eigenvalue weighted by atomic mass is 9.96. The van der Waals surface area contributed by atoms with E-state index in [1.54, 1.807) is 14.2 Å². The minimum atomic E-state index is -2.55. The molecule has 21 heavy (non-hydrogen) atoms. The molecule has 120 valence electrons. The van der Waals surface area contributed by atoms with Crippen LogP contribution in [-0.2, 0) is 8.85 Å². The first-order valence-electron chi connectivity index (χ1n) is 8.16. The molecule has 1 N–H and O–H groups in total. The summed E-state index contributed by atoms with van der Waals surface area (Å²) < 4.78 is 12.1. The first kappa shape index (κ1) is 16.9. The van der Waals surface area contributed by atoms with Gasteiger partial charge in [0.05, 0.1) is 5.04 Å². The second-order valence-electron chi connectivity index (χ2n) is 6.78. The summed E-state index contributed by atoms with van der Waals surface area (Å²) in [5.74, 6) is 0. The molecular weight excluding hydrogens is 278 g/mol. The highest BCUT2D eigenvalue weighted by molar-refractivity contribution is 6.69. The maximum absolute atomic E-state index is 6.07. The molecule has 1 saturated carbocycles. The molecule has 0 amide bonds. The SMILES string of the molecule is CO[Si](NC1CCCCC1)(OC)C1(C)C=C(C)C(C)=C1C. The Bertz CT molecular complexity index is 448. The predicted octanol–water partition coefficient (Wildman–Crippen LogP) is 4.20. The van der Waals surface area contributed by atoms with Gasteiger partial charge in [-0.1, -0.05) is 36.5 Å². The Morgan fingerprint density at radius 3 is 2.10 bits per heavy atom. The normalized spacial score (nSPS) is 28.2. The molecule has 0 heterocycles. The maximum atomic E-state index is 6.07. The quantitative estimate of drug-likeness (QED) is 0.772. The van der Waals surface area contributed by atoms with Gasteiger partial charge in [0.25, 0.3) is 0 Å². The van der Waals surface area contributed by atoms with Gasteiger partial charge in [0.15, 0.2) is 0 Å². The summed E-state index contributed by atoms with van der Waals surface area (Å²) in [5, 5.41) is -0.137. The summed E-state index contributed by atoms with van der Waals surface area (Å²) in [4.78, 5) is 3.84. The van der Waals surface area contributed by atoms with Gasteiger partial charge in [0.1, 0.15) is 0 Å². The predicted molar refractivity (Wildman–Crippen MR) is 90.3 cm³/mol. The van der Waals surface area contributed by atoms with Crippen LogP contribution in [0.5, 0.6) is 0 Å². The van der Waals surface area contributed by atoms with E-state index in [4.69, 9.17) is 8.85 Å². The van der Waals surface area contributed by atoms with Gasteiger partial charge < -0.3 is 8.85 Å². The lowest BCUT2D eigenvalue weighted by molar-refractivity contribution is 0.196. The van der Waals surface area contributed by atoms with Crippen molar-refractivity contribution in [1.82, 2.24) is 4.98 Å². The van der Waals surface area contributed by atoms with Crippen LogP contribution in [-0.4, -0.2) is 29.0 Å². The van der Waals surface area contributed by atoms with E-state index in [1.807, 2.05) is 0 Å². The van der Waals surface area contributed by atoms with Crippen LogP contribution in [0.1, 0.15) is 59.8 Å². The zero-order valence-corrected chi connectivity index (χ0v) is 15.5. The number of rotatable bonds is 5. The van der Waals surface area contributed by atoms with Crippen LogP contribution in [0.25, 0.3) is 0 Å². The highest BCUT2D eigenvalue weighted by atomic mass is 28.4. The second kappa shape index (κ2) is 6.37. The fourth-order valence-corrected chi connectivity index (χ4v) is 7.43. The summed E-state index contributed by atoms with van der Waals surface area (Å²) in [6.45, 7) is 8.90. The average molecular weight is 310 g/mol. The van der Waals surface area contributed by atoms with Gasteiger partial charge in [-0.15, -0.1) is 0 Å². The molecule has 0 aromatic carbocycles. The van der Waals surface area contributed by atoms with Gasteiger partial charge in [0, 0.05) is 20.3 Å². The first-order valence-corrected chi connectivity index (χ1v) is 9.97. The van der Waals surface area contributed by atoms with Crippen molar-refractivity contribution in [2.24, 2.45) is 0 Å². The van der Waals surface area contributed by atoms with Crippen molar-refractivity contribution in [2.75, 3.05) is 14.2 Å². The Hall–Kier alpha value is -0.423. The number of allylic oxidation sites excluding steroid dienone is 4. The summed E-state index contributed by atoms with van der Waals surface area (Å²) in [6.07, 6.45) is 8.82. The molecule has 2 rings (SSSR count). The Morgan fingerprint density at radius 1 is 1.10 bits per heavy atom. The fraction of sp³-hybridized carbons (Fsp3) is 0.765. The lowest BCUT2D eigenvalue weighted by Gasteiger charge is -2.44. The zero-order valence-electron chi connectivity index (χ0n) is 14.5. The summed E-state index contributed by atoms with van der Waals surface area (Å²) >= 11 is 0. The molecule has 0 bridgehead atoms. The van der Waals surface area contributed by atoms with Crippen LogP contribution in [0.3, 0.4) is 0 Å². The van der Waals surface area contributed by atoms with Gasteiger partial charge in [0.2, 0.25) is 0 Å². The maximum Gasteiger partial charge on any atom is 0.439 e. The molecule has 0 aromatic rings. The van der Waals surface area contributed by atoms with Crippen LogP contribution in [0, 0.1) is 0 Å². The molecule has 0 spiro atoms. The van der Waals surface area contributed by atoms with E-state index < -0.39 is 8.72 Å². The van der Waals surface area contributed by atoms with Gasteiger partial charge in [-0.2, -0.15) is 0 Å². The highest BCUT2D eigenvalue weighted by Gasteiger charge is 2.57. The van der Waals surface area contributed by atoms with Crippen LogP contribution in [0.4, 0.5) is 0 Å². The molecule has 2 aliphatic rings. The van der Waals surface area contributed by atoms with Crippen LogP contribution in [0.15, 0.2) is 22.8 Å². The number of hydrogen-bond donors (Lipinski definition) is 1. The lowest BCUT2D eigenvalue weighted by Crippen LogP contribution is -2.65. The average Bonchev–Trinajstić information content (AvgIpc) is 2.70. The number of nitrogens with one attached hydrogen (secondary N) is 1. The number of hydrogen-bond acceptors (Lipinski definition) is 3. The Labute approximate surface area is 131 Å². The van der Waals surface area contributed by atoms with E-state index in [0.29, 0.717) is 6.04 Å². The monoisotopic (exact) mass is 309 g/mol. The fourth-order valence-electron chi connectivity index (χ4n) is 3.97. The molecule has 0 saturated heterocycles. The minimum absolute atomic E-state index is 0.137. The molecule has 2 aliphatic carbocycles. The molecular formula is C17H31NO2Si. The van der Waals surface area contributed by atoms with Crippen molar-refractivity contribution in [2.45, 2.75) is 70.9 Å². The molecule has 1 atom stereocenters. The Kier molecular flexibility index (Phi) is 5.13. The van der Waals surface area contributed by atoms with E-state index in [0.717, 1.165) is 0 Å². The van der Waals surface area contributed by atoms with Gasteiger partial charge in [-0.05, 0) is 46.1 Å². The summed E-state index contributed by atoms with van der Waals surface area (Å²) in [6, 6.07) is 0.532. The molecule has 0 radical (unpaired) electrons. The van der Waals surface area contributed by atoms with E-state index in [2.05, 4.69) is 38.8 Å². The molecule has 3 nitrogen and oxygen atoms in total. The Morgan fingerprint density at radius 2 is 1.67 bits per heavy atom. The zero-order chi connectivity index (χ0) is 15.7. The van der Waals surface area contributed by atoms with Gasteiger partial charge in [-0.25, -0.2) is 0 Å². The van der Waals surface area contributed by atoms with Crippen LogP contribution < -0.4 is 4.98 Å². The van der Waals surface area contributed by atoms with Crippen LogP contribution in [0.2, 0.25) is 5.04 Å². The topological polar surface area (TPSA) is 30.5 Å². The van der Waals surface area contributed by atoms with Crippen molar-refractivity contribution in [1.29, 1.82) is 0 Å². The van der Waals surface area contributed by atoms with Crippen molar-refractivity contribution in [3.8, 4) is 0 Å². The van der Waals surface area contributed by atoms with Crippen molar-refractivity contribution in [3.63, 3.8) is 0 Å². The third-order valence-corrected chi connectivity index (χ3v) is 9.52. The molecule has 4 heteroatoms. The largest absolute Gasteiger partial charge is 0.439 e. The van der Waals surface area contributed by atoms with Crippen molar-refractivity contribution in [3.05, 3.63) is 22.8 Å². The van der Waals surface area contributed by atoms with Gasteiger partial charge in [-0.3, -0.25) is 4.98 Å². The van der Waals surface area contributed by atoms with E-state index in [1.165, 1.54) is 48.8 Å². The highest BCUT2D eigenvalue weighted by Crippen LogP contribution is 2.52. The second-order valence-corrected chi connectivity index (χ2v) is 10.2. The van der Waals surface area contributed by atoms with Crippen molar-refractivity contribution >= 4 is 8.72 Å². The third-order valence-electron chi connectivity index (χ3n) is 5.70. The molecule has 0 aliphatic heterocycles. The molecule has 1 fully saturated rings. The summed E-state index contributed by atoms with van der Waals surface area (Å²) in [7, 11) is 1.06. The van der Waals surface area contributed by atoms with Crippen LogP contribution >= 0.6 is 0 Å². The molecule has 1 unspecified atom stereocenters. The third kappa shape index (κ3) is 2.79. The van der Waals surface area contributed by atoms with E-state index in [9.17, 15) is 0 Å². The first-order chi connectivity index (χ1) is 9.90. The van der Waals surface area contributed by atoms with E-state index in [-0.39, 0.29) is 5.04 Å². The van der Waals surface area contributed by atoms with Gasteiger partial charge >= 0.3 is 8.72 Å². The summed E-state index contributed by atoms with van der Waals surface area (Å²) in [5.41, 5.74) is 4.12. The smallest absolute Gasteiger partial charge is 0.385 e. The van der Waals surface area contributed by atoms with Crippen molar-refractivity contribution < 1.29 is 8.85 Å². The molecule has 0 aromatic heterocycles. The van der Waals surface area contributed by atoms with E-state index >= 15 is 0 Å². The standard InChI is InChI=1S/C17H31NO2Si/c1-13-12-17(4,15(3)14(13)2)21(19-5,20-6)18-16-10-8-7-9-11-16/h12,16,18H,7-11H2,1-6H3. The minimum Gasteiger partial charge on any atom is -0.385 e. The Balaban J connectivity index is 2.33.